The van der Waals surface area contributed by atoms with Gasteiger partial charge in [0.25, 0.3) is 0 Å². The number of rotatable bonds is 5. The number of nitrogens with two attached hydrogens (primary N) is 1. The maximum absolute atomic E-state index is 5.93. The van der Waals surface area contributed by atoms with Gasteiger partial charge >= 0.3 is 0 Å². The van der Waals surface area contributed by atoms with E-state index in [1.165, 1.54) is 11.1 Å². The monoisotopic (exact) mass is 313 g/mol. The van der Waals surface area contributed by atoms with Gasteiger partial charge in [0.15, 0.2) is 0 Å². The lowest BCUT2D eigenvalue weighted by Gasteiger charge is -2.22. The summed E-state index contributed by atoms with van der Waals surface area (Å²) in [5.41, 5.74) is 8.46. The fourth-order valence-electron chi connectivity index (χ4n) is 2.48. The Labute approximate surface area is 117 Å². The van der Waals surface area contributed by atoms with E-state index in [1.807, 2.05) is 0 Å². The van der Waals surface area contributed by atoms with Gasteiger partial charge < -0.3 is 15.2 Å². The minimum atomic E-state index is 0.115. The van der Waals surface area contributed by atoms with Crippen LogP contribution in [0.5, 0.6) is 11.5 Å². The van der Waals surface area contributed by atoms with Gasteiger partial charge in [0, 0.05) is 17.5 Å². The Morgan fingerprint density at radius 2 is 1.89 bits per heavy atom. The Bertz CT molecular complexity index is 456. The smallest absolute Gasteiger partial charge is 0.140 e. The summed E-state index contributed by atoms with van der Waals surface area (Å²) < 4.78 is 11.9. The van der Waals surface area contributed by atoms with Crippen molar-refractivity contribution in [3.05, 3.63) is 21.7 Å². The first-order chi connectivity index (χ1) is 8.63. The number of hydrogen-bond donors (Lipinski definition) is 1. The van der Waals surface area contributed by atoms with Crippen molar-refractivity contribution in [3.63, 3.8) is 0 Å². The number of methoxy groups -OCH3 is 2. The second-order valence-electron chi connectivity index (χ2n) is 4.80. The zero-order valence-electron chi connectivity index (χ0n) is 11.2. The van der Waals surface area contributed by atoms with Crippen LogP contribution in [0.25, 0.3) is 0 Å². The van der Waals surface area contributed by atoms with Crippen molar-refractivity contribution in [2.45, 2.75) is 31.6 Å². The molecule has 1 aliphatic carbocycles. The zero-order chi connectivity index (χ0) is 13.3. The molecule has 1 aromatic rings. The summed E-state index contributed by atoms with van der Waals surface area (Å²) in [6, 6.07) is 2.20. The number of benzene rings is 1. The van der Waals surface area contributed by atoms with Crippen LogP contribution in [0.4, 0.5) is 0 Å². The van der Waals surface area contributed by atoms with Crippen LogP contribution in [0.15, 0.2) is 10.5 Å². The molecule has 0 unspecified atom stereocenters. The van der Waals surface area contributed by atoms with E-state index in [0.717, 1.165) is 35.2 Å². The van der Waals surface area contributed by atoms with Gasteiger partial charge in [-0.05, 0) is 46.8 Å². The van der Waals surface area contributed by atoms with Crippen molar-refractivity contribution >= 4 is 15.9 Å². The van der Waals surface area contributed by atoms with Crippen LogP contribution < -0.4 is 15.2 Å². The molecule has 1 aromatic carbocycles. The average Bonchev–Trinajstić information content (AvgIpc) is 3.18. The molecular weight excluding hydrogens is 294 g/mol. The summed E-state index contributed by atoms with van der Waals surface area (Å²) in [6.45, 7) is 2.80. The molecule has 100 valence electrons. The molecule has 0 saturated heterocycles. The number of aryl methyl sites for hydroxylation is 1. The highest BCUT2D eigenvalue weighted by molar-refractivity contribution is 9.10. The molecule has 0 atom stereocenters. The minimum Gasteiger partial charge on any atom is -0.495 e. The van der Waals surface area contributed by atoms with E-state index >= 15 is 0 Å². The van der Waals surface area contributed by atoms with Gasteiger partial charge in [0.2, 0.25) is 0 Å². The topological polar surface area (TPSA) is 44.5 Å². The summed E-state index contributed by atoms with van der Waals surface area (Å²) in [7, 11) is 3.38. The second-order valence-corrected chi connectivity index (χ2v) is 5.59. The molecule has 2 rings (SSSR count). The Morgan fingerprint density at radius 3 is 2.28 bits per heavy atom. The summed E-state index contributed by atoms with van der Waals surface area (Å²) >= 11 is 3.60. The number of hydrogen-bond acceptors (Lipinski definition) is 3. The Balaban J connectivity index is 2.62. The third-order valence-electron chi connectivity index (χ3n) is 3.86. The first kappa shape index (κ1) is 13.7. The highest BCUT2D eigenvalue weighted by Gasteiger charge is 2.45. The van der Waals surface area contributed by atoms with Gasteiger partial charge in [-0.1, -0.05) is 6.92 Å². The van der Waals surface area contributed by atoms with Crippen molar-refractivity contribution in [2.75, 3.05) is 20.8 Å². The SMILES string of the molecule is CCc1cc(C2(CN)CC2)c(OC)c(Br)c1OC. The minimum absolute atomic E-state index is 0.115. The van der Waals surface area contributed by atoms with Crippen molar-refractivity contribution in [2.24, 2.45) is 5.73 Å². The van der Waals surface area contributed by atoms with Gasteiger partial charge in [-0.3, -0.25) is 0 Å². The molecule has 3 nitrogen and oxygen atoms in total. The van der Waals surface area contributed by atoms with Crippen LogP contribution in [0.3, 0.4) is 0 Å². The molecule has 0 heterocycles. The van der Waals surface area contributed by atoms with E-state index in [2.05, 4.69) is 28.9 Å². The lowest BCUT2D eigenvalue weighted by Crippen LogP contribution is -2.21. The Kier molecular flexibility index (Phi) is 3.87. The number of halogens is 1. The van der Waals surface area contributed by atoms with Crippen LogP contribution in [0.2, 0.25) is 0 Å². The van der Waals surface area contributed by atoms with Crippen molar-refractivity contribution in [1.29, 1.82) is 0 Å². The molecule has 1 fully saturated rings. The molecular formula is C14H20BrNO2. The van der Waals surface area contributed by atoms with Crippen LogP contribution >= 0.6 is 15.9 Å². The van der Waals surface area contributed by atoms with Gasteiger partial charge in [0.1, 0.15) is 16.0 Å². The second kappa shape index (κ2) is 5.10. The Hall–Kier alpha value is -0.740. The quantitative estimate of drug-likeness (QED) is 0.908. The summed E-state index contributed by atoms with van der Waals surface area (Å²) in [5, 5.41) is 0. The van der Waals surface area contributed by atoms with Crippen LogP contribution in [-0.4, -0.2) is 20.8 Å². The number of ether oxygens (including phenoxy) is 2. The van der Waals surface area contributed by atoms with Crippen molar-refractivity contribution in [1.82, 2.24) is 0 Å². The highest BCUT2D eigenvalue weighted by Crippen LogP contribution is 2.54. The van der Waals surface area contributed by atoms with Crippen LogP contribution in [-0.2, 0) is 11.8 Å². The van der Waals surface area contributed by atoms with E-state index in [9.17, 15) is 0 Å². The molecule has 0 aliphatic heterocycles. The van der Waals surface area contributed by atoms with Crippen LogP contribution in [0, 0.1) is 0 Å². The molecule has 4 heteroatoms. The van der Waals surface area contributed by atoms with Crippen molar-refractivity contribution in [3.8, 4) is 11.5 Å². The zero-order valence-corrected chi connectivity index (χ0v) is 12.8. The standard InChI is InChI=1S/C14H20BrNO2/c1-4-9-7-10(14(8-16)5-6-14)13(18-3)11(15)12(9)17-2/h7H,4-6,8,16H2,1-3H3. The van der Waals surface area contributed by atoms with Gasteiger partial charge in [-0.25, -0.2) is 0 Å². The van der Waals surface area contributed by atoms with Gasteiger partial charge in [-0.15, -0.1) is 0 Å². The fourth-order valence-corrected chi connectivity index (χ4v) is 3.27. The summed E-state index contributed by atoms with van der Waals surface area (Å²) in [4.78, 5) is 0. The third kappa shape index (κ3) is 2.01. The molecule has 0 radical (unpaired) electrons. The molecule has 1 saturated carbocycles. The van der Waals surface area contributed by atoms with Gasteiger partial charge in [-0.2, -0.15) is 0 Å². The van der Waals surface area contributed by atoms with E-state index in [0.29, 0.717) is 6.54 Å². The molecule has 0 aromatic heterocycles. The first-order valence-corrected chi connectivity index (χ1v) is 7.06. The highest BCUT2D eigenvalue weighted by atomic mass is 79.9. The van der Waals surface area contributed by atoms with E-state index in [4.69, 9.17) is 15.2 Å². The predicted octanol–water partition coefficient (Wildman–Crippen LogP) is 3.02. The molecule has 0 bridgehead atoms. The molecule has 0 spiro atoms. The van der Waals surface area contributed by atoms with E-state index in [-0.39, 0.29) is 5.41 Å². The molecule has 18 heavy (non-hydrogen) atoms. The van der Waals surface area contributed by atoms with Gasteiger partial charge in [0.05, 0.1) is 14.2 Å². The van der Waals surface area contributed by atoms with E-state index < -0.39 is 0 Å². The molecule has 0 amide bonds. The fraction of sp³-hybridized carbons (Fsp3) is 0.571. The predicted molar refractivity (Wildman–Crippen MR) is 76.6 cm³/mol. The normalized spacial score (nSPS) is 16.5. The average molecular weight is 314 g/mol. The lowest BCUT2D eigenvalue weighted by atomic mass is 9.92. The van der Waals surface area contributed by atoms with Crippen molar-refractivity contribution < 1.29 is 9.47 Å². The lowest BCUT2D eigenvalue weighted by molar-refractivity contribution is 0.380. The summed E-state index contributed by atoms with van der Waals surface area (Å²) in [6.07, 6.45) is 3.21. The maximum Gasteiger partial charge on any atom is 0.140 e. The largest absolute Gasteiger partial charge is 0.495 e. The van der Waals surface area contributed by atoms with Crippen LogP contribution in [0.1, 0.15) is 30.9 Å². The third-order valence-corrected chi connectivity index (χ3v) is 4.58. The molecule has 2 N–H and O–H groups in total. The summed E-state index contributed by atoms with van der Waals surface area (Å²) in [5.74, 6) is 1.73. The maximum atomic E-state index is 5.93. The first-order valence-electron chi connectivity index (χ1n) is 6.27. The molecule has 1 aliphatic rings. The Morgan fingerprint density at radius 1 is 1.28 bits per heavy atom. The van der Waals surface area contributed by atoms with E-state index in [1.54, 1.807) is 14.2 Å².